The van der Waals surface area contributed by atoms with E-state index >= 15 is 0 Å². The summed E-state index contributed by atoms with van der Waals surface area (Å²) in [6.45, 7) is -2.52. The number of anilines is 1. The second kappa shape index (κ2) is 7.09. The summed E-state index contributed by atoms with van der Waals surface area (Å²) in [6.07, 6.45) is 0.586. The summed E-state index contributed by atoms with van der Waals surface area (Å²) in [7, 11) is 0. The summed E-state index contributed by atoms with van der Waals surface area (Å²) in [5, 5.41) is 4.85. The number of aromatic nitrogens is 1. The number of hydrogen-bond donors (Lipinski definition) is 2. The Morgan fingerprint density at radius 3 is 2.90 bits per heavy atom. The molecule has 1 aromatic carbocycles. The van der Waals surface area contributed by atoms with Crippen LogP contribution in [0, 0.1) is 0 Å². The zero-order valence-electron chi connectivity index (χ0n) is 10.9. The lowest BCUT2D eigenvalue weighted by atomic mass is 10.3. The van der Waals surface area contributed by atoms with Crippen molar-refractivity contribution in [3.63, 3.8) is 0 Å². The van der Waals surface area contributed by atoms with Crippen molar-refractivity contribution in [3.05, 3.63) is 40.3 Å². The van der Waals surface area contributed by atoms with Gasteiger partial charge in [-0.25, -0.2) is 4.98 Å². The van der Waals surface area contributed by atoms with Gasteiger partial charge >= 0.3 is 6.61 Å². The van der Waals surface area contributed by atoms with Crippen LogP contribution in [0.2, 0.25) is 0 Å². The molecule has 0 atom stereocenters. The Kier molecular flexibility index (Phi) is 5.18. The lowest BCUT2D eigenvalue weighted by Crippen LogP contribution is -2.14. The standard InChI is InChI=1S/C13H13F2N3O2S/c14-13(15)20-10-4-2-1-3-8(10)18-12(19)9-7-21-11(17-9)5-6-16/h1-4,7,13H,5-6,16H2,(H,18,19). The summed E-state index contributed by atoms with van der Waals surface area (Å²) in [4.78, 5) is 16.2. The number of carbonyl (C=O) groups excluding carboxylic acids is 1. The van der Waals surface area contributed by atoms with Crippen LogP contribution < -0.4 is 15.8 Å². The first-order valence-electron chi connectivity index (χ1n) is 6.10. The molecule has 0 aliphatic heterocycles. The van der Waals surface area contributed by atoms with E-state index < -0.39 is 12.5 Å². The van der Waals surface area contributed by atoms with Crippen molar-refractivity contribution in [2.24, 2.45) is 5.73 Å². The van der Waals surface area contributed by atoms with Crippen LogP contribution in [-0.4, -0.2) is 24.0 Å². The first-order valence-corrected chi connectivity index (χ1v) is 6.97. The molecule has 0 spiro atoms. The number of carbonyl (C=O) groups is 1. The highest BCUT2D eigenvalue weighted by Gasteiger charge is 2.14. The SMILES string of the molecule is NCCc1nc(C(=O)Nc2ccccc2OC(F)F)cs1. The minimum absolute atomic E-state index is 0.0988. The number of thiazole rings is 1. The number of halogens is 2. The van der Waals surface area contributed by atoms with Crippen LogP contribution in [0.5, 0.6) is 5.75 Å². The van der Waals surface area contributed by atoms with Gasteiger partial charge in [0, 0.05) is 11.8 Å². The molecule has 3 N–H and O–H groups in total. The molecule has 8 heteroatoms. The molecule has 5 nitrogen and oxygen atoms in total. The number of para-hydroxylation sites is 2. The topological polar surface area (TPSA) is 77.2 Å². The molecule has 0 radical (unpaired) electrons. The van der Waals surface area contributed by atoms with Crippen molar-refractivity contribution >= 4 is 22.9 Å². The predicted octanol–water partition coefficient (Wildman–Crippen LogP) is 2.50. The molecular formula is C13H13F2N3O2S. The molecule has 0 aliphatic carbocycles. The second-order valence-electron chi connectivity index (χ2n) is 3.99. The van der Waals surface area contributed by atoms with E-state index in [2.05, 4.69) is 15.0 Å². The third-order valence-corrected chi connectivity index (χ3v) is 3.40. The molecule has 0 saturated carbocycles. The van der Waals surface area contributed by atoms with Crippen LogP contribution in [-0.2, 0) is 6.42 Å². The molecule has 2 rings (SSSR count). The Morgan fingerprint density at radius 2 is 2.19 bits per heavy atom. The van der Waals surface area contributed by atoms with Gasteiger partial charge in [-0.05, 0) is 18.7 Å². The highest BCUT2D eigenvalue weighted by molar-refractivity contribution is 7.09. The fourth-order valence-corrected chi connectivity index (χ4v) is 2.40. The first-order chi connectivity index (χ1) is 10.1. The number of amides is 1. The molecule has 0 fully saturated rings. The van der Waals surface area contributed by atoms with Crippen LogP contribution in [0.3, 0.4) is 0 Å². The van der Waals surface area contributed by atoms with Gasteiger partial charge in [0.15, 0.2) is 0 Å². The average molecular weight is 313 g/mol. The van der Waals surface area contributed by atoms with Gasteiger partial charge < -0.3 is 15.8 Å². The van der Waals surface area contributed by atoms with Gasteiger partial charge in [-0.15, -0.1) is 11.3 Å². The van der Waals surface area contributed by atoms with Gasteiger partial charge in [0.05, 0.1) is 10.7 Å². The number of nitrogens with zero attached hydrogens (tertiary/aromatic N) is 1. The van der Waals surface area contributed by atoms with Gasteiger partial charge in [-0.3, -0.25) is 4.79 Å². The number of ether oxygens (including phenoxy) is 1. The Hall–Kier alpha value is -2.06. The summed E-state index contributed by atoms with van der Waals surface area (Å²) < 4.78 is 28.9. The number of nitrogens with one attached hydrogen (secondary N) is 1. The molecule has 112 valence electrons. The molecule has 0 unspecified atom stereocenters. The largest absolute Gasteiger partial charge is 0.433 e. The van der Waals surface area contributed by atoms with E-state index in [1.165, 1.54) is 29.5 Å². The van der Waals surface area contributed by atoms with E-state index in [0.717, 1.165) is 5.01 Å². The molecule has 1 aromatic heterocycles. The van der Waals surface area contributed by atoms with E-state index in [9.17, 15) is 13.6 Å². The Balaban J connectivity index is 2.11. The molecular weight excluding hydrogens is 300 g/mol. The normalized spacial score (nSPS) is 10.7. The van der Waals surface area contributed by atoms with Crippen molar-refractivity contribution in [2.45, 2.75) is 13.0 Å². The summed E-state index contributed by atoms with van der Waals surface area (Å²) in [5.41, 5.74) is 5.80. The van der Waals surface area contributed by atoms with E-state index in [1.54, 1.807) is 11.4 Å². The van der Waals surface area contributed by atoms with E-state index in [0.29, 0.717) is 13.0 Å². The van der Waals surface area contributed by atoms with Crippen molar-refractivity contribution in [1.82, 2.24) is 4.98 Å². The third kappa shape index (κ3) is 4.20. The zero-order valence-corrected chi connectivity index (χ0v) is 11.7. The van der Waals surface area contributed by atoms with Crippen LogP contribution in [0.15, 0.2) is 29.6 Å². The Bertz CT molecular complexity index is 619. The molecule has 0 saturated heterocycles. The number of hydrogen-bond acceptors (Lipinski definition) is 5. The van der Waals surface area contributed by atoms with Crippen LogP contribution in [0.25, 0.3) is 0 Å². The maximum absolute atomic E-state index is 12.3. The predicted molar refractivity (Wildman–Crippen MR) is 75.9 cm³/mol. The lowest BCUT2D eigenvalue weighted by Gasteiger charge is -2.10. The molecule has 1 heterocycles. The van der Waals surface area contributed by atoms with E-state index in [1.807, 2.05) is 0 Å². The molecule has 2 aromatic rings. The fraction of sp³-hybridized carbons (Fsp3) is 0.231. The van der Waals surface area contributed by atoms with E-state index in [4.69, 9.17) is 5.73 Å². The summed E-state index contributed by atoms with van der Waals surface area (Å²) in [6, 6.07) is 5.97. The molecule has 1 amide bonds. The van der Waals surface area contributed by atoms with Crippen molar-refractivity contribution in [3.8, 4) is 5.75 Å². The highest BCUT2D eigenvalue weighted by Crippen LogP contribution is 2.26. The zero-order chi connectivity index (χ0) is 15.2. The highest BCUT2D eigenvalue weighted by atomic mass is 32.1. The second-order valence-corrected chi connectivity index (χ2v) is 4.94. The fourth-order valence-electron chi connectivity index (χ4n) is 1.61. The monoisotopic (exact) mass is 313 g/mol. The van der Waals surface area contributed by atoms with Crippen LogP contribution in [0.1, 0.15) is 15.5 Å². The molecule has 0 aliphatic rings. The summed E-state index contributed by atoms with van der Waals surface area (Å²) in [5.74, 6) is -0.585. The van der Waals surface area contributed by atoms with Crippen LogP contribution in [0.4, 0.5) is 14.5 Å². The van der Waals surface area contributed by atoms with E-state index in [-0.39, 0.29) is 17.1 Å². The van der Waals surface area contributed by atoms with Crippen LogP contribution >= 0.6 is 11.3 Å². The molecule has 21 heavy (non-hydrogen) atoms. The smallest absolute Gasteiger partial charge is 0.387 e. The maximum Gasteiger partial charge on any atom is 0.387 e. The van der Waals surface area contributed by atoms with Gasteiger partial charge in [-0.1, -0.05) is 12.1 Å². The van der Waals surface area contributed by atoms with Gasteiger partial charge in [0.25, 0.3) is 5.91 Å². The minimum Gasteiger partial charge on any atom is -0.433 e. The average Bonchev–Trinajstić information content (AvgIpc) is 2.89. The number of rotatable bonds is 6. The summed E-state index contributed by atoms with van der Waals surface area (Å²) >= 11 is 1.32. The van der Waals surface area contributed by atoms with Gasteiger partial charge in [0.1, 0.15) is 11.4 Å². The minimum atomic E-state index is -2.96. The van der Waals surface area contributed by atoms with Gasteiger partial charge in [0.2, 0.25) is 0 Å². The third-order valence-electron chi connectivity index (χ3n) is 2.49. The van der Waals surface area contributed by atoms with Crippen molar-refractivity contribution < 1.29 is 18.3 Å². The van der Waals surface area contributed by atoms with Gasteiger partial charge in [-0.2, -0.15) is 8.78 Å². The number of alkyl halides is 2. The Morgan fingerprint density at radius 1 is 1.43 bits per heavy atom. The first kappa shape index (κ1) is 15.3. The number of benzene rings is 1. The Labute approximate surface area is 123 Å². The molecule has 0 bridgehead atoms. The quantitative estimate of drug-likeness (QED) is 0.859. The lowest BCUT2D eigenvalue weighted by molar-refractivity contribution is -0.0493. The maximum atomic E-state index is 12.3. The van der Waals surface area contributed by atoms with Crippen molar-refractivity contribution in [2.75, 3.05) is 11.9 Å². The van der Waals surface area contributed by atoms with Crippen molar-refractivity contribution in [1.29, 1.82) is 0 Å². The number of nitrogens with two attached hydrogens (primary N) is 1.